The number of benzene rings is 1. The van der Waals surface area contributed by atoms with Gasteiger partial charge < -0.3 is 16.0 Å². The predicted octanol–water partition coefficient (Wildman–Crippen LogP) is 3.57. The zero-order valence-corrected chi connectivity index (χ0v) is 17.3. The maximum Gasteiger partial charge on any atom is 0.191 e. The van der Waals surface area contributed by atoms with Crippen molar-refractivity contribution in [3.63, 3.8) is 0 Å². The highest BCUT2D eigenvalue weighted by atomic mass is 127. The van der Waals surface area contributed by atoms with Crippen LogP contribution in [-0.4, -0.2) is 31.1 Å². The van der Waals surface area contributed by atoms with Crippen LogP contribution in [-0.2, 0) is 6.54 Å². The number of unbranched alkanes of at least 4 members (excludes halogenated alkanes) is 1. The van der Waals surface area contributed by atoms with Crippen LogP contribution < -0.4 is 16.0 Å². The molecule has 1 heterocycles. The third kappa shape index (κ3) is 8.20. The second-order valence-corrected chi connectivity index (χ2v) is 5.63. The molecule has 0 fully saturated rings. The molecule has 0 saturated heterocycles. The number of hydrogen-bond donors (Lipinski definition) is 3. The van der Waals surface area contributed by atoms with Crippen molar-refractivity contribution in [2.24, 2.45) is 4.99 Å². The highest BCUT2D eigenvalue weighted by Gasteiger charge is 2.00. The van der Waals surface area contributed by atoms with E-state index in [1.54, 1.807) is 13.2 Å². The zero-order valence-electron chi connectivity index (χ0n) is 15.0. The molecular weight excluding hydrogens is 425 g/mol. The molecule has 1 aromatic carbocycles. The van der Waals surface area contributed by atoms with Crippen LogP contribution in [0.1, 0.15) is 24.0 Å². The highest BCUT2D eigenvalue weighted by molar-refractivity contribution is 14.0. The number of nitrogens with zero attached hydrogens (tertiary/aromatic N) is 2. The third-order valence-electron chi connectivity index (χ3n) is 3.80. The van der Waals surface area contributed by atoms with Crippen LogP contribution in [0.2, 0.25) is 0 Å². The predicted molar refractivity (Wildman–Crippen MR) is 117 cm³/mol. The van der Waals surface area contributed by atoms with E-state index in [4.69, 9.17) is 0 Å². The van der Waals surface area contributed by atoms with Gasteiger partial charge in [0.1, 0.15) is 5.82 Å². The molecule has 1 aromatic heterocycles. The molecule has 5 nitrogen and oxygen atoms in total. The van der Waals surface area contributed by atoms with E-state index in [9.17, 15) is 0 Å². The highest BCUT2D eigenvalue weighted by Crippen LogP contribution is 2.05. The molecule has 0 unspecified atom stereocenters. The Labute approximate surface area is 167 Å². The summed E-state index contributed by atoms with van der Waals surface area (Å²) in [5.41, 5.74) is 2.58. The summed E-state index contributed by atoms with van der Waals surface area (Å²) in [7, 11) is 1.80. The number of anilines is 1. The van der Waals surface area contributed by atoms with Gasteiger partial charge in [-0.15, -0.1) is 24.0 Å². The molecule has 0 atom stereocenters. The normalized spacial score (nSPS) is 10.7. The van der Waals surface area contributed by atoms with Crippen LogP contribution in [0.5, 0.6) is 0 Å². The fourth-order valence-corrected chi connectivity index (χ4v) is 2.35. The summed E-state index contributed by atoms with van der Waals surface area (Å²) in [6, 6.07) is 14.3. The number of hydrogen-bond acceptors (Lipinski definition) is 3. The Bertz CT molecular complexity index is 631. The van der Waals surface area contributed by atoms with Gasteiger partial charge in [0.05, 0.1) is 0 Å². The Morgan fingerprint density at radius 3 is 2.48 bits per heavy atom. The van der Waals surface area contributed by atoms with Crippen LogP contribution in [0.3, 0.4) is 0 Å². The van der Waals surface area contributed by atoms with E-state index in [1.165, 1.54) is 11.1 Å². The van der Waals surface area contributed by atoms with Crippen molar-refractivity contribution in [3.8, 4) is 0 Å². The van der Waals surface area contributed by atoms with Gasteiger partial charge in [-0.1, -0.05) is 30.3 Å². The Morgan fingerprint density at radius 2 is 1.76 bits per heavy atom. The standard InChI is InChI=1S/C19H27N5.HI/c1-16-9-3-4-10-17(16)15-24-19(20-2)23-14-8-7-13-22-18-11-5-6-12-21-18;/h3-6,9-12H,7-8,13-15H2,1-2H3,(H,21,22)(H2,20,23,24);1H. The van der Waals surface area contributed by atoms with Gasteiger partial charge in [0.25, 0.3) is 0 Å². The fourth-order valence-electron chi connectivity index (χ4n) is 2.35. The lowest BCUT2D eigenvalue weighted by Crippen LogP contribution is -2.37. The second kappa shape index (κ2) is 12.5. The van der Waals surface area contributed by atoms with Gasteiger partial charge in [0.2, 0.25) is 0 Å². The minimum Gasteiger partial charge on any atom is -0.370 e. The van der Waals surface area contributed by atoms with Crippen LogP contribution in [0.25, 0.3) is 0 Å². The smallest absolute Gasteiger partial charge is 0.191 e. The summed E-state index contributed by atoms with van der Waals surface area (Å²) < 4.78 is 0. The number of halogens is 1. The number of guanidine groups is 1. The van der Waals surface area contributed by atoms with E-state index in [0.717, 1.165) is 44.3 Å². The third-order valence-corrected chi connectivity index (χ3v) is 3.80. The van der Waals surface area contributed by atoms with E-state index in [1.807, 2.05) is 18.2 Å². The molecule has 0 amide bonds. The first-order valence-corrected chi connectivity index (χ1v) is 8.43. The average Bonchev–Trinajstić information content (AvgIpc) is 2.62. The quantitative estimate of drug-likeness (QED) is 0.248. The molecule has 6 heteroatoms. The summed E-state index contributed by atoms with van der Waals surface area (Å²) in [6.45, 7) is 4.74. The number of aryl methyl sites for hydroxylation is 1. The Morgan fingerprint density at radius 1 is 1.00 bits per heavy atom. The number of nitrogens with one attached hydrogen (secondary N) is 3. The molecule has 136 valence electrons. The monoisotopic (exact) mass is 453 g/mol. The van der Waals surface area contributed by atoms with Crippen molar-refractivity contribution in [2.45, 2.75) is 26.3 Å². The summed E-state index contributed by atoms with van der Waals surface area (Å²) in [5, 5.41) is 10.0. The van der Waals surface area contributed by atoms with Crippen LogP contribution in [0, 0.1) is 6.92 Å². The number of rotatable bonds is 8. The van der Waals surface area contributed by atoms with Gasteiger partial charge in [-0.3, -0.25) is 4.99 Å². The SMILES string of the molecule is CN=C(NCCCCNc1ccccn1)NCc1ccccc1C.I. The van der Waals surface area contributed by atoms with E-state index in [-0.39, 0.29) is 24.0 Å². The molecule has 2 rings (SSSR count). The molecule has 0 bridgehead atoms. The first-order chi connectivity index (χ1) is 11.8. The first-order valence-electron chi connectivity index (χ1n) is 8.43. The van der Waals surface area contributed by atoms with Crippen molar-refractivity contribution in [3.05, 3.63) is 59.8 Å². The molecule has 0 aliphatic heterocycles. The van der Waals surface area contributed by atoms with E-state index in [0.29, 0.717) is 0 Å². The van der Waals surface area contributed by atoms with Crippen molar-refractivity contribution >= 4 is 35.8 Å². The van der Waals surface area contributed by atoms with Crippen LogP contribution in [0.4, 0.5) is 5.82 Å². The Hall–Kier alpha value is -1.83. The minimum atomic E-state index is 0. The number of pyridine rings is 1. The Kier molecular flexibility index (Phi) is 10.6. The molecule has 3 N–H and O–H groups in total. The van der Waals surface area contributed by atoms with Gasteiger partial charge in [0.15, 0.2) is 5.96 Å². The average molecular weight is 453 g/mol. The zero-order chi connectivity index (χ0) is 17.0. The van der Waals surface area contributed by atoms with Gasteiger partial charge >= 0.3 is 0 Å². The van der Waals surface area contributed by atoms with Crippen molar-refractivity contribution in [1.82, 2.24) is 15.6 Å². The molecule has 0 saturated carbocycles. The lowest BCUT2D eigenvalue weighted by molar-refractivity contribution is 0.711. The van der Waals surface area contributed by atoms with Gasteiger partial charge in [0, 0.05) is 32.9 Å². The summed E-state index contributed by atoms with van der Waals surface area (Å²) in [4.78, 5) is 8.51. The molecular formula is C19H28IN5. The second-order valence-electron chi connectivity index (χ2n) is 5.63. The van der Waals surface area contributed by atoms with Gasteiger partial charge in [-0.05, 0) is 43.0 Å². The fraction of sp³-hybridized carbons (Fsp3) is 0.368. The summed E-state index contributed by atoms with van der Waals surface area (Å²) in [6.07, 6.45) is 3.96. The van der Waals surface area contributed by atoms with Gasteiger partial charge in [-0.2, -0.15) is 0 Å². The minimum absolute atomic E-state index is 0. The van der Waals surface area contributed by atoms with Crippen molar-refractivity contribution < 1.29 is 0 Å². The maximum absolute atomic E-state index is 4.27. The lowest BCUT2D eigenvalue weighted by atomic mass is 10.1. The van der Waals surface area contributed by atoms with E-state index in [2.05, 4.69) is 57.1 Å². The topological polar surface area (TPSA) is 61.3 Å². The number of aromatic nitrogens is 1. The van der Waals surface area contributed by atoms with Crippen molar-refractivity contribution in [1.29, 1.82) is 0 Å². The Balaban J connectivity index is 0.00000312. The van der Waals surface area contributed by atoms with Crippen molar-refractivity contribution in [2.75, 3.05) is 25.5 Å². The molecule has 2 aromatic rings. The molecule has 0 radical (unpaired) electrons. The van der Waals surface area contributed by atoms with E-state index >= 15 is 0 Å². The van der Waals surface area contributed by atoms with E-state index < -0.39 is 0 Å². The molecule has 0 spiro atoms. The summed E-state index contributed by atoms with van der Waals surface area (Å²) >= 11 is 0. The molecule has 25 heavy (non-hydrogen) atoms. The molecule has 0 aliphatic rings. The van der Waals surface area contributed by atoms with Crippen LogP contribution >= 0.6 is 24.0 Å². The maximum atomic E-state index is 4.27. The lowest BCUT2D eigenvalue weighted by Gasteiger charge is -2.13. The number of aliphatic imine (C=N–C) groups is 1. The first kappa shape index (κ1) is 21.2. The summed E-state index contributed by atoms with van der Waals surface area (Å²) in [5.74, 6) is 1.78. The van der Waals surface area contributed by atoms with Gasteiger partial charge in [-0.25, -0.2) is 4.98 Å². The largest absolute Gasteiger partial charge is 0.370 e. The molecule has 0 aliphatic carbocycles. The van der Waals surface area contributed by atoms with Crippen LogP contribution in [0.15, 0.2) is 53.7 Å².